The van der Waals surface area contributed by atoms with Crippen LogP contribution in [-0.4, -0.2) is 6.03 Å². The first-order valence-corrected chi connectivity index (χ1v) is 7.59. The molecule has 0 fully saturated rings. The molecule has 2 aromatic rings. The van der Waals surface area contributed by atoms with Gasteiger partial charge in [-0.15, -0.1) is 0 Å². The summed E-state index contributed by atoms with van der Waals surface area (Å²) in [7, 11) is 0. The molecule has 2 amide bonds. The lowest BCUT2D eigenvalue weighted by Crippen LogP contribution is -2.36. The number of nitrogens with one attached hydrogen (secondary N) is 2. The van der Waals surface area contributed by atoms with E-state index in [0.29, 0.717) is 10.6 Å². The van der Waals surface area contributed by atoms with Crippen LogP contribution in [0.3, 0.4) is 0 Å². The van der Waals surface area contributed by atoms with E-state index in [1.165, 1.54) is 12.1 Å². The number of hydrogen-bond acceptors (Lipinski definition) is 1. The lowest BCUT2D eigenvalue weighted by atomic mass is 10.1. The molecule has 1 unspecified atom stereocenters. The summed E-state index contributed by atoms with van der Waals surface area (Å²) in [6, 6.07) is 11.1. The van der Waals surface area contributed by atoms with E-state index in [9.17, 15) is 18.0 Å². The molecule has 24 heavy (non-hydrogen) atoms. The Kier molecular flexibility index (Phi) is 5.72. The summed E-state index contributed by atoms with van der Waals surface area (Å²) < 4.78 is 37.9. The van der Waals surface area contributed by atoms with E-state index in [0.717, 1.165) is 17.7 Å². The van der Waals surface area contributed by atoms with Crippen LogP contribution in [0.15, 0.2) is 48.5 Å². The van der Waals surface area contributed by atoms with Crippen molar-refractivity contribution >= 4 is 17.6 Å². The second-order valence-electron chi connectivity index (χ2n) is 5.30. The lowest BCUT2D eigenvalue weighted by Gasteiger charge is -2.15. The summed E-state index contributed by atoms with van der Waals surface area (Å²) in [5, 5.41) is 5.81. The van der Waals surface area contributed by atoms with Gasteiger partial charge in [0.1, 0.15) is 0 Å². The van der Waals surface area contributed by atoms with Crippen molar-refractivity contribution in [1.29, 1.82) is 0 Å². The molecule has 128 valence electrons. The van der Waals surface area contributed by atoms with Gasteiger partial charge in [-0.25, -0.2) is 4.79 Å². The van der Waals surface area contributed by atoms with E-state index in [1.54, 1.807) is 25.1 Å². The smallest absolute Gasteiger partial charge is 0.334 e. The van der Waals surface area contributed by atoms with Gasteiger partial charge in [0.05, 0.1) is 11.6 Å². The molecule has 0 aliphatic rings. The van der Waals surface area contributed by atoms with Crippen LogP contribution in [0.1, 0.15) is 29.7 Å². The number of urea groups is 1. The molecule has 2 N–H and O–H groups in total. The Morgan fingerprint density at radius 3 is 2.54 bits per heavy atom. The first-order chi connectivity index (χ1) is 11.3. The minimum atomic E-state index is -4.40. The Morgan fingerprint density at radius 1 is 1.17 bits per heavy atom. The van der Waals surface area contributed by atoms with E-state index in [-0.39, 0.29) is 12.6 Å². The van der Waals surface area contributed by atoms with Crippen molar-refractivity contribution in [3.63, 3.8) is 0 Å². The van der Waals surface area contributed by atoms with E-state index in [4.69, 9.17) is 11.6 Å². The standard InChI is InChI=1S/C17H16ClF3N2O/c1-11(13-5-3-7-15(18)9-13)23-16(24)22-10-12-4-2-6-14(8-12)17(19,20)21/h2-9,11H,10H2,1H3,(H2,22,23,24). The van der Waals surface area contributed by atoms with Crippen LogP contribution < -0.4 is 10.6 Å². The van der Waals surface area contributed by atoms with E-state index in [1.807, 2.05) is 6.07 Å². The fourth-order valence-corrected chi connectivity index (χ4v) is 2.35. The van der Waals surface area contributed by atoms with E-state index in [2.05, 4.69) is 10.6 Å². The molecule has 3 nitrogen and oxygen atoms in total. The highest BCUT2D eigenvalue weighted by Gasteiger charge is 2.30. The molecule has 2 rings (SSSR count). The summed E-state index contributed by atoms with van der Waals surface area (Å²) in [6.07, 6.45) is -4.40. The predicted molar refractivity (Wildman–Crippen MR) is 86.7 cm³/mol. The second kappa shape index (κ2) is 7.57. The Bertz CT molecular complexity index is 719. The van der Waals surface area contributed by atoms with Gasteiger partial charge in [0.25, 0.3) is 0 Å². The van der Waals surface area contributed by atoms with Crippen LogP contribution in [0, 0.1) is 0 Å². The number of amides is 2. The number of hydrogen-bond donors (Lipinski definition) is 2. The van der Waals surface area contributed by atoms with Crippen LogP contribution >= 0.6 is 11.6 Å². The van der Waals surface area contributed by atoms with Crippen molar-refractivity contribution in [2.24, 2.45) is 0 Å². The topological polar surface area (TPSA) is 41.1 Å². The first-order valence-electron chi connectivity index (χ1n) is 7.21. The van der Waals surface area contributed by atoms with Gasteiger partial charge in [-0.05, 0) is 42.3 Å². The van der Waals surface area contributed by atoms with Gasteiger partial charge in [-0.2, -0.15) is 13.2 Å². The highest BCUT2D eigenvalue weighted by atomic mass is 35.5. The molecule has 0 heterocycles. The number of benzene rings is 2. The molecule has 0 aliphatic carbocycles. The minimum absolute atomic E-state index is 0.00197. The van der Waals surface area contributed by atoms with E-state index >= 15 is 0 Å². The van der Waals surface area contributed by atoms with Crippen molar-refractivity contribution in [3.8, 4) is 0 Å². The van der Waals surface area contributed by atoms with Gasteiger partial charge in [0.15, 0.2) is 0 Å². The summed E-state index contributed by atoms with van der Waals surface area (Å²) in [4.78, 5) is 11.9. The zero-order valence-electron chi connectivity index (χ0n) is 12.8. The van der Waals surface area contributed by atoms with Crippen LogP contribution in [0.4, 0.5) is 18.0 Å². The van der Waals surface area contributed by atoms with Gasteiger partial charge in [-0.1, -0.05) is 35.9 Å². The maximum atomic E-state index is 12.6. The van der Waals surface area contributed by atoms with Crippen molar-refractivity contribution in [1.82, 2.24) is 10.6 Å². The molecule has 7 heteroatoms. The summed E-state index contributed by atoms with van der Waals surface area (Å²) in [5.41, 5.74) is 0.460. The summed E-state index contributed by atoms with van der Waals surface area (Å²) in [6.45, 7) is 1.79. The third kappa shape index (κ3) is 5.16. The SMILES string of the molecule is CC(NC(=O)NCc1cccc(C(F)(F)F)c1)c1cccc(Cl)c1. The molecule has 0 aromatic heterocycles. The molecule has 0 bridgehead atoms. The number of rotatable bonds is 4. The number of carbonyl (C=O) groups excluding carboxylic acids is 1. The maximum Gasteiger partial charge on any atom is 0.416 e. The molecule has 0 radical (unpaired) electrons. The second-order valence-corrected chi connectivity index (χ2v) is 5.74. The Hall–Kier alpha value is -2.21. The number of halogens is 4. The Morgan fingerprint density at radius 2 is 1.88 bits per heavy atom. The lowest BCUT2D eigenvalue weighted by molar-refractivity contribution is -0.137. The zero-order valence-corrected chi connectivity index (χ0v) is 13.6. The largest absolute Gasteiger partial charge is 0.416 e. The van der Waals surface area contributed by atoms with Gasteiger partial charge >= 0.3 is 12.2 Å². The average Bonchev–Trinajstić information content (AvgIpc) is 2.52. The summed E-state index contributed by atoms with van der Waals surface area (Å²) in [5.74, 6) is 0. The van der Waals surface area contributed by atoms with Crippen LogP contribution in [0.5, 0.6) is 0 Å². The molecule has 0 spiro atoms. The minimum Gasteiger partial charge on any atom is -0.334 e. The fourth-order valence-electron chi connectivity index (χ4n) is 2.15. The fraction of sp³-hybridized carbons (Fsp3) is 0.235. The third-order valence-electron chi connectivity index (χ3n) is 3.40. The van der Waals surface area contributed by atoms with Crippen molar-refractivity contribution < 1.29 is 18.0 Å². The van der Waals surface area contributed by atoms with Crippen LogP contribution in [-0.2, 0) is 12.7 Å². The monoisotopic (exact) mass is 356 g/mol. The Balaban J connectivity index is 1.91. The van der Waals surface area contributed by atoms with E-state index < -0.39 is 17.8 Å². The quantitative estimate of drug-likeness (QED) is 0.802. The van der Waals surface area contributed by atoms with Crippen molar-refractivity contribution in [3.05, 3.63) is 70.2 Å². The van der Waals surface area contributed by atoms with Crippen molar-refractivity contribution in [2.75, 3.05) is 0 Å². The molecule has 0 saturated heterocycles. The van der Waals surface area contributed by atoms with Gasteiger partial charge in [-0.3, -0.25) is 0 Å². The molecule has 1 atom stereocenters. The van der Waals surface area contributed by atoms with Gasteiger partial charge in [0, 0.05) is 11.6 Å². The predicted octanol–water partition coefficient (Wildman–Crippen LogP) is 4.92. The molecule has 0 saturated carbocycles. The Labute approximate surface area is 142 Å². The normalized spacial score (nSPS) is 12.5. The highest BCUT2D eigenvalue weighted by Crippen LogP contribution is 2.29. The molecular weight excluding hydrogens is 341 g/mol. The number of alkyl halides is 3. The molecular formula is C17H16ClF3N2O. The molecule has 0 aliphatic heterocycles. The summed E-state index contributed by atoms with van der Waals surface area (Å²) >= 11 is 5.90. The highest BCUT2D eigenvalue weighted by molar-refractivity contribution is 6.30. The number of carbonyl (C=O) groups is 1. The van der Waals surface area contributed by atoms with Gasteiger partial charge in [0.2, 0.25) is 0 Å². The maximum absolute atomic E-state index is 12.6. The average molecular weight is 357 g/mol. The zero-order chi connectivity index (χ0) is 17.7. The van der Waals surface area contributed by atoms with Crippen LogP contribution in [0.25, 0.3) is 0 Å². The first kappa shape index (κ1) is 18.1. The molecule has 2 aromatic carbocycles. The van der Waals surface area contributed by atoms with Gasteiger partial charge < -0.3 is 10.6 Å². The van der Waals surface area contributed by atoms with Crippen LogP contribution in [0.2, 0.25) is 5.02 Å². The third-order valence-corrected chi connectivity index (χ3v) is 3.64. The van der Waals surface area contributed by atoms with Crippen molar-refractivity contribution in [2.45, 2.75) is 25.7 Å².